The van der Waals surface area contributed by atoms with Crippen LogP contribution in [0.3, 0.4) is 0 Å². The van der Waals surface area contributed by atoms with E-state index in [2.05, 4.69) is 61.9 Å². The molecule has 1 saturated carbocycles. The smallest absolute Gasteiger partial charge is 0.191 e. The van der Waals surface area contributed by atoms with Gasteiger partial charge in [0.25, 0.3) is 0 Å². The third-order valence-corrected chi connectivity index (χ3v) is 6.14. The maximum atomic E-state index is 5.48. The molecule has 2 N–H and O–H groups in total. The van der Waals surface area contributed by atoms with Crippen LogP contribution in [0.4, 0.5) is 5.82 Å². The van der Waals surface area contributed by atoms with E-state index in [1.54, 1.807) is 0 Å². The average molecular weight is 521 g/mol. The molecule has 0 amide bonds. The molecule has 2 fully saturated rings. The number of hydrogen-bond donors (Lipinski definition) is 2. The summed E-state index contributed by atoms with van der Waals surface area (Å²) in [5.41, 5.74) is 2.83. The van der Waals surface area contributed by atoms with Crippen LogP contribution in [-0.2, 0) is 16.7 Å². The highest BCUT2D eigenvalue weighted by molar-refractivity contribution is 14.0. The van der Waals surface area contributed by atoms with Crippen molar-refractivity contribution in [3.63, 3.8) is 0 Å². The average Bonchev–Trinajstić information content (AvgIpc) is 2.76. The number of halogens is 1. The number of ether oxygens (including phenoxy) is 1. The highest BCUT2D eigenvalue weighted by Gasteiger charge is 2.38. The Kier molecular flexibility index (Phi) is 8.32. The highest BCUT2D eigenvalue weighted by Crippen LogP contribution is 2.43. The Bertz CT molecular complexity index is 819. The summed E-state index contributed by atoms with van der Waals surface area (Å²) in [6, 6.07) is 15.0. The van der Waals surface area contributed by atoms with Gasteiger partial charge in [0.1, 0.15) is 5.82 Å². The predicted molar refractivity (Wildman–Crippen MR) is 133 cm³/mol. The van der Waals surface area contributed by atoms with E-state index in [9.17, 15) is 0 Å². The number of hydrogen-bond acceptors (Lipinski definition) is 4. The summed E-state index contributed by atoms with van der Waals surface area (Å²) >= 11 is 0. The monoisotopic (exact) mass is 521 g/mol. The Hall–Kier alpha value is -1.87. The van der Waals surface area contributed by atoms with Gasteiger partial charge >= 0.3 is 0 Å². The molecule has 162 valence electrons. The lowest BCUT2D eigenvalue weighted by Gasteiger charge is -2.43. The molecule has 4 rings (SSSR count). The van der Waals surface area contributed by atoms with Crippen molar-refractivity contribution in [2.75, 3.05) is 44.8 Å². The van der Waals surface area contributed by atoms with Crippen LogP contribution in [0.2, 0.25) is 0 Å². The fourth-order valence-electron chi connectivity index (χ4n) is 4.24. The third kappa shape index (κ3) is 5.24. The minimum atomic E-state index is 0. The van der Waals surface area contributed by atoms with Gasteiger partial charge in [0.05, 0.1) is 13.2 Å². The summed E-state index contributed by atoms with van der Waals surface area (Å²) in [7, 11) is 1.83. The number of guanidine groups is 1. The van der Waals surface area contributed by atoms with E-state index in [0.29, 0.717) is 6.54 Å². The Labute approximate surface area is 196 Å². The molecule has 1 saturated heterocycles. The fraction of sp³-hybridized carbons (Fsp3) is 0.478. The molecule has 2 aliphatic rings. The number of pyridine rings is 1. The Morgan fingerprint density at radius 3 is 2.53 bits per heavy atom. The van der Waals surface area contributed by atoms with Crippen LogP contribution in [0.1, 0.15) is 30.4 Å². The minimum Gasteiger partial charge on any atom is -0.378 e. The molecule has 0 spiro atoms. The number of nitrogens with zero attached hydrogens (tertiary/aromatic N) is 3. The summed E-state index contributed by atoms with van der Waals surface area (Å²) in [6.07, 6.45) is 5.61. The standard InChI is InChI=1S/C23H31N5O.HI/c1-24-22(27-18-23(10-6-11-23)20-8-3-2-4-9-20)26-17-19-7-5-12-25-21(19)28-13-15-29-16-14-28;/h2-5,7-9,12H,6,10-11,13-18H2,1H3,(H2,24,26,27);1H. The van der Waals surface area contributed by atoms with Gasteiger partial charge in [0, 0.05) is 50.4 Å². The van der Waals surface area contributed by atoms with E-state index in [4.69, 9.17) is 4.74 Å². The molecule has 30 heavy (non-hydrogen) atoms. The molecular formula is C23H32IN5O. The van der Waals surface area contributed by atoms with Crippen molar-refractivity contribution in [2.45, 2.75) is 31.2 Å². The van der Waals surface area contributed by atoms with Crippen molar-refractivity contribution in [3.8, 4) is 0 Å². The van der Waals surface area contributed by atoms with Gasteiger partial charge in [-0.15, -0.1) is 24.0 Å². The van der Waals surface area contributed by atoms with Gasteiger partial charge in [-0.3, -0.25) is 4.99 Å². The van der Waals surface area contributed by atoms with E-state index in [-0.39, 0.29) is 29.4 Å². The lowest BCUT2D eigenvalue weighted by Crippen LogP contribution is -2.48. The van der Waals surface area contributed by atoms with Crippen LogP contribution in [0.25, 0.3) is 0 Å². The number of morpholine rings is 1. The second kappa shape index (κ2) is 10.9. The largest absolute Gasteiger partial charge is 0.378 e. The first-order chi connectivity index (χ1) is 14.3. The summed E-state index contributed by atoms with van der Waals surface area (Å²) in [6.45, 7) is 4.88. The van der Waals surface area contributed by atoms with Gasteiger partial charge in [-0.05, 0) is 24.5 Å². The zero-order valence-corrected chi connectivity index (χ0v) is 20.0. The second-order valence-electron chi connectivity index (χ2n) is 7.86. The van der Waals surface area contributed by atoms with E-state index < -0.39 is 0 Å². The van der Waals surface area contributed by atoms with Gasteiger partial charge in [0.15, 0.2) is 5.96 Å². The molecule has 2 aromatic rings. The Balaban J connectivity index is 0.00000256. The zero-order chi connectivity index (χ0) is 19.9. The normalized spacial score (nSPS) is 18.2. The molecule has 1 aromatic heterocycles. The molecule has 7 heteroatoms. The molecule has 0 unspecified atom stereocenters. The van der Waals surface area contributed by atoms with Gasteiger partial charge in [-0.1, -0.05) is 42.8 Å². The number of aliphatic imine (C=N–C) groups is 1. The molecular weight excluding hydrogens is 489 g/mol. The molecule has 1 aliphatic carbocycles. The molecule has 0 bridgehead atoms. The van der Waals surface area contributed by atoms with Crippen molar-refractivity contribution in [1.29, 1.82) is 0 Å². The van der Waals surface area contributed by atoms with Crippen LogP contribution < -0.4 is 15.5 Å². The number of anilines is 1. The molecule has 2 heterocycles. The van der Waals surface area contributed by atoms with Crippen LogP contribution in [0, 0.1) is 0 Å². The molecule has 6 nitrogen and oxygen atoms in total. The van der Waals surface area contributed by atoms with Crippen LogP contribution >= 0.6 is 24.0 Å². The van der Waals surface area contributed by atoms with Crippen molar-refractivity contribution >= 4 is 35.8 Å². The molecule has 0 radical (unpaired) electrons. The Morgan fingerprint density at radius 1 is 1.10 bits per heavy atom. The minimum absolute atomic E-state index is 0. The lowest BCUT2D eigenvalue weighted by molar-refractivity contribution is 0.122. The fourth-order valence-corrected chi connectivity index (χ4v) is 4.24. The number of aromatic nitrogens is 1. The van der Waals surface area contributed by atoms with E-state index in [0.717, 1.165) is 44.6 Å². The maximum absolute atomic E-state index is 5.48. The number of benzene rings is 1. The van der Waals surface area contributed by atoms with Crippen LogP contribution in [-0.4, -0.2) is 50.8 Å². The highest BCUT2D eigenvalue weighted by atomic mass is 127. The molecule has 1 aliphatic heterocycles. The summed E-state index contributed by atoms with van der Waals surface area (Å²) < 4.78 is 5.48. The number of nitrogens with one attached hydrogen (secondary N) is 2. The quantitative estimate of drug-likeness (QED) is 0.347. The van der Waals surface area contributed by atoms with E-state index >= 15 is 0 Å². The van der Waals surface area contributed by atoms with Gasteiger partial charge in [-0.2, -0.15) is 0 Å². The van der Waals surface area contributed by atoms with Crippen molar-refractivity contribution < 1.29 is 4.74 Å². The number of rotatable bonds is 6. The zero-order valence-electron chi connectivity index (χ0n) is 17.6. The summed E-state index contributed by atoms with van der Waals surface area (Å²) in [5.74, 6) is 1.88. The van der Waals surface area contributed by atoms with E-state index in [1.807, 2.05) is 19.3 Å². The van der Waals surface area contributed by atoms with Crippen molar-refractivity contribution in [1.82, 2.24) is 15.6 Å². The predicted octanol–water partition coefficient (Wildman–Crippen LogP) is 3.32. The summed E-state index contributed by atoms with van der Waals surface area (Å²) in [4.78, 5) is 11.4. The first kappa shape index (κ1) is 22.8. The van der Waals surface area contributed by atoms with E-state index in [1.165, 1.54) is 30.4 Å². The third-order valence-electron chi connectivity index (χ3n) is 6.14. The van der Waals surface area contributed by atoms with Crippen LogP contribution in [0.5, 0.6) is 0 Å². The SMILES string of the molecule is CN=C(NCc1cccnc1N1CCOCC1)NCC1(c2ccccc2)CCC1.I. The maximum Gasteiger partial charge on any atom is 0.191 e. The molecule has 0 atom stereocenters. The van der Waals surface area contributed by atoms with Crippen molar-refractivity contribution in [3.05, 3.63) is 59.8 Å². The van der Waals surface area contributed by atoms with Crippen LogP contribution in [0.15, 0.2) is 53.7 Å². The second-order valence-corrected chi connectivity index (χ2v) is 7.86. The topological polar surface area (TPSA) is 61.8 Å². The first-order valence-electron chi connectivity index (χ1n) is 10.6. The Morgan fingerprint density at radius 2 is 1.87 bits per heavy atom. The van der Waals surface area contributed by atoms with Gasteiger partial charge < -0.3 is 20.3 Å². The van der Waals surface area contributed by atoms with Crippen molar-refractivity contribution in [2.24, 2.45) is 4.99 Å². The summed E-state index contributed by atoms with van der Waals surface area (Å²) in [5, 5.41) is 7.04. The first-order valence-corrected chi connectivity index (χ1v) is 10.6. The van der Waals surface area contributed by atoms with Gasteiger partial charge in [0.2, 0.25) is 0 Å². The molecule has 1 aromatic carbocycles. The lowest BCUT2D eigenvalue weighted by atomic mass is 9.64. The van der Waals surface area contributed by atoms with Gasteiger partial charge in [-0.25, -0.2) is 4.98 Å².